The van der Waals surface area contributed by atoms with E-state index in [9.17, 15) is 0 Å². The lowest BCUT2D eigenvalue weighted by molar-refractivity contribution is 0.340. The highest BCUT2D eigenvalue weighted by Gasteiger charge is 2.07. The molecule has 90 valence electrons. The number of benzene rings is 1. The van der Waals surface area contributed by atoms with E-state index < -0.39 is 0 Å². The van der Waals surface area contributed by atoms with Crippen LogP contribution in [0.3, 0.4) is 0 Å². The van der Waals surface area contributed by atoms with E-state index in [0.717, 1.165) is 22.6 Å². The van der Waals surface area contributed by atoms with Crippen molar-refractivity contribution in [2.45, 2.75) is 13.8 Å². The van der Waals surface area contributed by atoms with Crippen LogP contribution in [0.4, 0.5) is 0 Å². The number of pyridine rings is 1. The van der Waals surface area contributed by atoms with Crippen molar-refractivity contribution in [1.29, 1.82) is 5.26 Å². The topological polar surface area (TPSA) is 45.9 Å². The van der Waals surface area contributed by atoms with Gasteiger partial charge in [0.15, 0.2) is 0 Å². The van der Waals surface area contributed by atoms with E-state index in [0.29, 0.717) is 12.2 Å². The second kappa shape index (κ2) is 5.33. The fourth-order valence-corrected chi connectivity index (χ4v) is 1.81. The van der Waals surface area contributed by atoms with Gasteiger partial charge >= 0.3 is 0 Å². The van der Waals surface area contributed by atoms with Crippen molar-refractivity contribution in [3.05, 3.63) is 47.8 Å². The lowest BCUT2D eigenvalue weighted by atomic mass is 10.0. The molecule has 2 aromatic rings. The summed E-state index contributed by atoms with van der Waals surface area (Å²) in [4.78, 5) is 4.14. The summed E-state index contributed by atoms with van der Waals surface area (Å²) in [6.07, 6.45) is 1.61. The Labute approximate surface area is 107 Å². The molecule has 1 heterocycles. The molecule has 0 aliphatic carbocycles. The highest BCUT2D eigenvalue weighted by Crippen LogP contribution is 2.26. The van der Waals surface area contributed by atoms with Gasteiger partial charge in [0.1, 0.15) is 11.8 Å². The zero-order valence-corrected chi connectivity index (χ0v) is 10.5. The summed E-state index contributed by atoms with van der Waals surface area (Å²) in [5, 5.41) is 9.12. The van der Waals surface area contributed by atoms with Crippen LogP contribution in [0.15, 0.2) is 36.5 Å². The summed E-state index contributed by atoms with van der Waals surface area (Å²) in [7, 11) is 0. The minimum atomic E-state index is 0.578. The van der Waals surface area contributed by atoms with Crippen LogP contribution >= 0.6 is 0 Å². The molecule has 0 amide bonds. The van der Waals surface area contributed by atoms with Crippen LogP contribution in [-0.4, -0.2) is 11.6 Å². The molecule has 3 heteroatoms. The van der Waals surface area contributed by atoms with Crippen LogP contribution in [0, 0.1) is 18.3 Å². The van der Waals surface area contributed by atoms with E-state index in [1.807, 2.05) is 44.2 Å². The summed E-state index contributed by atoms with van der Waals surface area (Å²) in [6.45, 7) is 4.49. The molecule has 1 aromatic carbocycles. The Hall–Kier alpha value is -2.34. The molecule has 3 nitrogen and oxygen atoms in total. The highest BCUT2D eigenvalue weighted by molar-refractivity contribution is 5.71. The van der Waals surface area contributed by atoms with Gasteiger partial charge < -0.3 is 4.74 Å². The van der Waals surface area contributed by atoms with Crippen LogP contribution in [0.2, 0.25) is 0 Å². The van der Waals surface area contributed by atoms with Crippen LogP contribution in [0.25, 0.3) is 11.1 Å². The summed E-state index contributed by atoms with van der Waals surface area (Å²) in [5.41, 5.74) is 3.34. The lowest BCUT2D eigenvalue weighted by Gasteiger charge is -2.08. The number of ether oxygens (including phenoxy) is 1. The molecule has 0 saturated carbocycles. The van der Waals surface area contributed by atoms with Gasteiger partial charge in [-0.15, -0.1) is 0 Å². The van der Waals surface area contributed by atoms with Gasteiger partial charge in [-0.25, -0.2) is 0 Å². The molecule has 2 rings (SSSR count). The molecule has 18 heavy (non-hydrogen) atoms. The molecule has 0 radical (unpaired) electrons. The molecular formula is C15H14N2O. The Morgan fingerprint density at radius 2 is 2.17 bits per heavy atom. The SMILES string of the molecule is CCOc1cccc(-c2cc(C)ncc2C#N)c1. The second-order valence-electron chi connectivity index (χ2n) is 3.94. The second-order valence-corrected chi connectivity index (χ2v) is 3.94. The largest absolute Gasteiger partial charge is 0.494 e. The van der Waals surface area contributed by atoms with Crippen molar-refractivity contribution in [3.8, 4) is 22.9 Å². The van der Waals surface area contributed by atoms with Gasteiger partial charge in [-0.3, -0.25) is 4.98 Å². The first-order chi connectivity index (χ1) is 8.74. The Balaban J connectivity index is 2.51. The molecule has 0 aliphatic heterocycles. The average Bonchev–Trinajstić information content (AvgIpc) is 2.39. The lowest BCUT2D eigenvalue weighted by Crippen LogP contribution is -1.93. The number of nitriles is 1. The molecule has 0 spiro atoms. The molecule has 0 saturated heterocycles. The summed E-state index contributed by atoms with van der Waals surface area (Å²) in [5.74, 6) is 0.813. The number of rotatable bonds is 3. The minimum absolute atomic E-state index is 0.578. The van der Waals surface area contributed by atoms with Crippen LogP contribution < -0.4 is 4.74 Å². The van der Waals surface area contributed by atoms with Crippen molar-refractivity contribution >= 4 is 0 Å². The van der Waals surface area contributed by atoms with Crippen molar-refractivity contribution in [2.24, 2.45) is 0 Å². The Morgan fingerprint density at radius 1 is 1.33 bits per heavy atom. The zero-order valence-electron chi connectivity index (χ0n) is 10.5. The smallest absolute Gasteiger partial charge is 0.119 e. The predicted octanol–water partition coefficient (Wildman–Crippen LogP) is 3.33. The van der Waals surface area contributed by atoms with Gasteiger partial charge in [-0.2, -0.15) is 5.26 Å². The van der Waals surface area contributed by atoms with Gasteiger partial charge in [0.2, 0.25) is 0 Å². The number of aryl methyl sites for hydroxylation is 1. The fraction of sp³-hybridized carbons (Fsp3) is 0.200. The molecular weight excluding hydrogens is 224 g/mol. The first kappa shape index (κ1) is 12.1. The van der Waals surface area contributed by atoms with Crippen molar-refractivity contribution < 1.29 is 4.74 Å². The van der Waals surface area contributed by atoms with E-state index >= 15 is 0 Å². The maximum absolute atomic E-state index is 9.12. The molecule has 0 bridgehead atoms. The first-order valence-electron chi connectivity index (χ1n) is 5.84. The average molecular weight is 238 g/mol. The molecule has 0 aliphatic rings. The number of aromatic nitrogens is 1. The Morgan fingerprint density at radius 3 is 2.89 bits per heavy atom. The first-order valence-corrected chi connectivity index (χ1v) is 5.84. The van der Waals surface area contributed by atoms with Crippen molar-refractivity contribution in [1.82, 2.24) is 4.98 Å². The molecule has 0 atom stereocenters. The fourth-order valence-electron chi connectivity index (χ4n) is 1.81. The van der Waals surface area contributed by atoms with Crippen LogP contribution in [0.5, 0.6) is 5.75 Å². The van der Waals surface area contributed by atoms with E-state index in [2.05, 4.69) is 11.1 Å². The Kier molecular flexibility index (Phi) is 3.59. The van der Waals surface area contributed by atoms with Gasteiger partial charge in [0, 0.05) is 17.5 Å². The maximum atomic E-state index is 9.12. The van der Waals surface area contributed by atoms with Gasteiger partial charge in [0.05, 0.1) is 12.2 Å². The van der Waals surface area contributed by atoms with Gasteiger partial charge in [-0.05, 0) is 37.6 Å². The third kappa shape index (κ3) is 2.49. The zero-order chi connectivity index (χ0) is 13.0. The van der Waals surface area contributed by atoms with Crippen molar-refractivity contribution in [2.75, 3.05) is 6.61 Å². The van der Waals surface area contributed by atoms with Crippen LogP contribution in [-0.2, 0) is 0 Å². The molecule has 0 fully saturated rings. The normalized spacial score (nSPS) is 9.83. The van der Waals surface area contributed by atoms with Gasteiger partial charge in [-0.1, -0.05) is 12.1 Å². The quantitative estimate of drug-likeness (QED) is 0.824. The number of hydrogen-bond acceptors (Lipinski definition) is 3. The van der Waals surface area contributed by atoms with E-state index in [4.69, 9.17) is 10.00 Å². The predicted molar refractivity (Wildman–Crippen MR) is 70.3 cm³/mol. The Bertz CT molecular complexity index is 600. The standard InChI is InChI=1S/C15H14N2O/c1-3-18-14-6-4-5-12(8-14)15-7-11(2)17-10-13(15)9-16/h4-8,10H,3H2,1-2H3. The number of nitrogens with zero attached hydrogens (tertiary/aromatic N) is 2. The third-order valence-corrected chi connectivity index (χ3v) is 2.62. The van der Waals surface area contributed by atoms with Crippen molar-refractivity contribution in [3.63, 3.8) is 0 Å². The summed E-state index contributed by atoms with van der Waals surface area (Å²) >= 11 is 0. The molecule has 0 unspecified atom stereocenters. The minimum Gasteiger partial charge on any atom is -0.494 e. The van der Waals surface area contributed by atoms with Gasteiger partial charge in [0.25, 0.3) is 0 Å². The van der Waals surface area contributed by atoms with Crippen LogP contribution in [0.1, 0.15) is 18.2 Å². The van der Waals surface area contributed by atoms with E-state index in [1.54, 1.807) is 6.20 Å². The number of hydrogen-bond donors (Lipinski definition) is 0. The maximum Gasteiger partial charge on any atom is 0.119 e. The highest BCUT2D eigenvalue weighted by atomic mass is 16.5. The molecule has 1 aromatic heterocycles. The summed E-state index contributed by atoms with van der Waals surface area (Å²) in [6, 6.07) is 11.8. The van der Waals surface area contributed by atoms with E-state index in [-0.39, 0.29) is 0 Å². The van der Waals surface area contributed by atoms with E-state index in [1.165, 1.54) is 0 Å². The third-order valence-electron chi connectivity index (χ3n) is 2.62. The molecule has 0 N–H and O–H groups in total. The monoisotopic (exact) mass is 238 g/mol. The summed E-state index contributed by atoms with van der Waals surface area (Å²) < 4.78 is 5.47.